The Labute approximate surface area is 156 Å². The molecule has 0 aromatic carbocycles. The van der Waals surface area contributed by atoms with Gasteiger partial charge < -0.3 is 15.8 Å². The lowest BCUT2D eigenvalue weighted by Gasteiger charge is -2.14. The van der Waals surface area contributed by atoms with Crippen LogP contribution in [0.2, 0.25) is 0 Å². The number of nitrogens with zero attached hydrogens (tertiary/aromatic N) is 3. The number of pyridine rings is 2. The van der Waals surface area contributed by atoms with Crippen molar-refractivity contribution in [3.05, 3.63) is 46.4 Å². The summed E-state index contributed by atoms with van der Waals surface area (Å²) >= 11 is 0. The van der Waals surface area contributed by atoms with Crippen molar-refractivity contribution in [1.29, 1.82) is 0 Å². The highest BCUT2D eigenvalue weighted by Crippen LogP contribution is 2.16. The zero-order valence-corrected chi connectivity index (χ0v) is 15.7. The van der Waals surface area contributed by atoms with Gasteiger partial charge in [-0.2, -0.15) is 0 Å². The van der Waals surface area contributed by atoms with Gasteiger partial charge in [0, 0.05) is 26.5 Å². The second-order valence-electron chi connectivity index (χ2n) is 6.59. The Morgan fingerprint density at radius 1 is 1.41 bits per heavy atom. The van der Waals surface area contributed by atoms with Gasteiger partial charge in [-0.3, -0.25) is 14.0 Å². The first kappa shape index (κ1) is 18.8. The van der Waals surface area contributed by atoms with Gasteiger partial charge in [-0.15, -0.1) is 0 Å². The number of carbonyl (C=O) groups is 1. The maximum atomic E-state index is 13.0. The maximum Gasteiger partial charge on any atom is 0.278 e. The molecule has 0 aliphatic heterocycles. The molecule has 0 aliphatic carbocycles. The first-order valence-electron chi connectivity index (χ1n) is 8.88. The molecule has 142 valence electrons. The molecule has 3 heterocycles. The molecule has 0 spiro atoms. The van der Waals surface area contributed by atoms with E-state index in [1.54, 1.807) is 30.0 Å². The third-order valence-electron chi connectivity index (χ3n) is 4.37. The average Bonchev–Trinajstić information content (AvgIpc) is 2.64. The number of fused-ring (bicyclic) bond motifs is 2. The van der Waals surface area contributed by atoms with Crippen LogP contribution in [0, 0.1) is 0 Å². The number of hydrogen-bond donors (Lipinski definition) is 2. The zero-order chi connectivity index (χ0) is 19.6. The fraction of sp³-hybridized carbons (Fsp3) is 0.368. The molecule has 3 N–H and O–H groups in total. The SMILES string of the molecule is COCCCNC(=O)c1cc2c(=O)n3ccccc3nc2[n+](C(C)C)c1N. The summed E-state index contributed by atoms with van der Waals surface area (Å²) in [6.45, 7) is 4.88. The summed E-state index contributed by atoms with van der Waals surface area (Å²) in [5.74, 6) is -0.0358. The number of nitrogen functional groups attached to an aromatic ring is 1. The van der Waals surface area contributed by atoms with Crippen molar-refractivity contribution in [2.45, 2.75) is 26.3 Å². The number of amides is 1. The van der Waals surface area contributed by atoms with Crippen LogP contribution in [-0.2, 0) is 4.74 Å². The standard InChI is InChI=1S/C19H23N5O3/c1-12(2)24-16(20)13(18(25)21-8-6-10-27-3)11-14-17(24)22-15-7-4-5-9-23(15)19(14)26/h4-5,7,9,11-12,20H,6,8,10H2,1-3H3,(H,21,25)/p+1. The van der Waals surface area contributed by atoms with Gasteiger partial charge in [0.25, 0.3) is 17.1 Å². The first-order chi connectivity index (χ1) is 13.0. The molecule has 0 unspecified atom stereocenters. The molecular formula is C19H24N5O3+. The van der Waals surface area contributed by atoms with Crippen LogP contribution in [0.3, 0.4) is 0 Å². The van der Waals surface area contributed by atoms with Gasteiger partial charge in [0.15, 0.2) is 0 Å². The lowest BCUT2D eigenvalue weighted by molar-refractivity contribution is -0.679. The summed E-state index contributed by atoms with van der Waals surface area (Å²) in [6.07, 6.45) is 2.35. The smallest absolute Gasteiger partial charge is 0.278 e. The Kier molecular flexibility index (Phi) is 5.36. The minimum atomic E-state index is -0.322. The molecule has 0 atom stereocenters. The molecule has 3 aromatic heterocycles. The highest BCUT2D eigenvalue weighted by atomic mass is 16.5. The van der Waals surface area contributed by atoms with Gasteiger partial charge in [0.1, 0.15) is 10.9 Å². The molecule has 3 rings (SSSR count). The highest BCUT2D eigenvalue weighted by Gasteiger charge is 2.25. The van der Waals surface area contributed by atoms with E-state index in [1.165, 1.54) is 10.5 Å². The van der Waals surface area contributed by atoms with Crippen LogP contribution in [0.25, 0.3) is 16.7 Å². The monoisotopic (exact) mass is 370 g/mol. The number of methoxy groups -OCH3 is 1. The molecule has 8 nitrogen and oxygen atoms in total. The number of hydrogen-bond acceptors (Lipinski definition) is 5. The predicted molar refractivity (Wildman–Crippen MR) is 103 cm³/mol. The molecule has 0 bridgehead atoms. The lowest BCUT2D eigenvalue weighted by atomic mass is 10.1. The Morgan fingerprint density at radius 2 is 2.19 bits per heavy atom. The summed E-state index contributed by atoms with van der Waals surface area (Å²) in [5, 5.41) is 3.17. The topological polar surface area (TPSA) is 103 Å². The quantitative estimate of drug-likeness (QED) is 0.384. The van der Waals surface area contributed by atoms with Crippen LogP contribution in [0.15, 0.2) is 35.3 Å². The number of ether oxygens (including phenoxy) is 1. The molecule has 3 aromatic rings. The Bertz CT molecular complexity index is 1060. The number of nitrogens with two attached hydrogens (primary N) is 1. The molecule has 0 saturated heterocycles. The summed E-state index contributed by atoms with van der Waals surface area (Å²) in [4.78, 5) is 30.2. The van der Waals surface area contributed by atoms with Crippen LogP contribution in [0.1, 0.15) is 36.7 Å². The van der Waals surface area contributed by atoms with Gasteiger partial charge >= 0.3 is 0 Å². The largest absolute Gasteiger partial charge is 0.385 e. The van der Waals surface area contributed by atoms with Crippen LogP contribution >= 0.6 is 0 Å². The van der Waals surface area contributed by atoms with Gasteiger partial charge in [-0.1, -0.05) is 11.1 Å². The Morgan fingerprint density at radius 3 is 2.89 bits per heavy atom. The average molecular weight is 370 g/mol. The van der Waals surface area contributed by atoms with Crippen molar-refractivity contribution in [2.75, 3.05) is 26.0 Å². The van der Waals surface area contributed by atoms with E-state index >= 15 is 0 Å². The van der Waals surface area contributed by atoms with Crippen LogP contribution in [0.4, 0.5) is 5.82 Å². The molecule has 1 amide bonds. The van der Waals surface area contributed by atoms with Crippen LogP contribution in [-0.4, -0.2) is 35.6 Å². The number of rotatable bonds is 6. The van der Waals surface area contributed by atoms with Crippen molar-refractivity contribution in [3.8, 4) is 0 Å². The molecule has 8 heteroatoms. The predicted octanol–water partition coefficient (Wildman–Crippen LogP) is 1.06. The van der Waals surface area contributed by atoms with E-state index in [0.717, 1.165) is 0 Å². The van der Waals surface area contributed by atoms with Crippen LogP contribution < -0.4 is 21.2 Å². The van der Waals surface area contributed by atoms with Crippen LogP contribution in [0.5, 0.6) is 0 Å². The normalized spacial score (nSPS) is 11.4. The third-order valence-corrected chi connectivity index (χ3v) is 4.37. The van der Waals surface area contributed by atoms with Crippen molar-refractivity contribution in [3.63, 3.8) is 0 Å². The van der Waals surface area contributed by atoms with E-state index in [-0.39, 0.29) is 28.9 Å². The molecule has 0 radical (unpaired) electrons. The fourth-order valence-corrected chi connectivity index (χ4v) is 3.08. The lowest BCUT2D eigenvalue weighted by Crippen LogP contribution is -2.44. The minimum Gasteiger partial charge on any atom is -0.385 e. The van der Waals surface area contributed by atoms with E-state index in [0.29, 0.717) is 36.3 Å². The molecule has 0 fully saturated rings. The number of carbonyl (C=O) groups excluding carboxylic acids is 1. The van der Waals surface area contributed by atoms with E-state index in [4.69, 9.17) is 10.5 Å². The van der Waals surface area contributed by atoms with Crippen molar-refractivity contribution >= 4 is 28.4 Å². The molecule has 0 aliphatic rings. The molecular weight excluding hydrogens is 346 g/mol. The summed E-state index contributed by atoms with van der Waals surface area (Å²) < 4.78 is 8.18. The van der Waals surface area contributed by atoms with Crippen molar-refractivity contribution in [2.24, 2.45) is 0 Å². The number of aromatic nitrogens is 3. The highest BCUT2D eigenvalue weighted by molar-refractivity contribution is 6.00. The second kappa shape index (κ2) is 7.71. The van der Waals surface area contributed by atoms with Crippen molar-refractivity contribution in [1.82, 2.24) is 14.7 Å². The van der Waals surface area contributed by atoms with Gasteiger partial charge in [0.2, 0.25) is 11.5 Å². The van der Waals surface area contributed by atoms with E-state index in [2.05, 4.69) is 10.3 Å². The Balaban J connectivity index is 2.19. The summed E-state index contributed by atoms with van der Waals surface area (Å²) in [7, 11) is 1.61. The first-order valence-corrected chi connectivity index (χ1v) is 8.88. The summed E-state index contributed by atoms with van der Waals surface area (Å²) in [6, 6.07) is 6.80. The van der Waals surface area contributed by atoms with E-state index < -0.39 is 0 Å². The van der Waals surface area contributed by atoms with E-state index in [9.17, 15) is 9.59 Å². The van der Waals surface area contributed by atoms with Crippen molar-refractivity contribution < 1.29 is 14.1 Å². The third kappa shape index (κ3) is 3.48. The Hall–Kier alpha value is -3.00. The second-order valence-corrected chi connectivity index (χ2v) is 6.59. The van der Waals surface area contributed by atoms with Gasteiger partial charge in [-0.25, -0.2) is 4.57 Å². The minimum absolute atomic E-state index is 0.0770. The molecule has 27 heavy (non-hydrogen) atoms. The number of anilines is 1. The van der Waals surface area contributed by atoms with Gasteiger partial charge in [0.05, 0.1) is 6.04 Å². The fourth-order valence-electron chi connectivity index (χ4n) is 3.08. The summed E-state index contributed by atoms with van der Waals surface area (Å²) in [5.41, 5.74) is 7.33. The van der Waals surface area contributed by atoms with Gasteiger partial charge in [-0.05, 0) is 38.5 Å². The molecule has 0 saturated carbocycles. The van der Waals surface area contributed by atoms with E-state index in [1.807, 2.05) is 19.9 Å². The maximum absolute atomic E-state index is 13.0. The zero-order valence-electron chi connectivity index (χ0n) is 15.7. The number of nitrogens with one attached hydrogen (secondary N) is 1.